The van der Waals surface area contributed by atoms with Crippen molar-refractivity contribution in [1.29, 1.82) is 0 Å². The summed E-state index contributed by atoms with van der Waals surface area (Å²) >= 11 is 5.86. The zero-order chi connectivity index (χ0) is 12.2. The largest absolute Gasteiger partial charge is 0.490 e. The van der Waals surface area contributed by atoms with Gasteiger partial charge >= 0.3 is 0 Å². The Kier molecular flexibility index (Phi) is 4.63. The van der Waals surface area contributed by atoms with Gasteiger partial charge in [0.1, 0.15) is 12.4 Å². The van der Waals surface area contributed by atoms with Gasteiger partial charge < -0.3 is 9.84 Å². The Morgan fingerprint density at radius 2 is 1.94 bits per heavy atom. The first-order valence-corrected chi connectivity index (χ1v) is 6.00. The molecule has 0 saturated heterocycles. The Morgan fingerprint density at radius 1 is 1.31 bits per heavy atom. The van der Waals surface area contributed by atoms with Crippen LogP contribution in [0.25, 0.3) is 0 Å². The normalized spacial score (nSPS) is 11.6. The molecule has 0 bridgehead atoms. The lowest BCUT2D eigenvalue weighted by Crippen LogP contribution is -2.34. The maximum Gasteiger partial charge on any atom is 0.122 e. The highest BCUT2D eigenvalue weighted by atomic mass is 35.5. The van der Waals surface area contributed by atoms with E-state index < -0.39 is 5.60 Å². The third kappa shape index (κ3) is 3.39. The topological polar surface area (TPSA) is 29.5 Å². The molecule has 2 nitrogen and oxygen atoms in total. The van der Waals surface area contributed by atoms with Crippen molar-refractivity contribution in [1.82, 2.24) is 0 Å². The second kappa shape index (κ2) is 5.55. The molecule has 0 amide bonds. The molecule has 1 rings (SSSR count). The van der Waals surface area contributed by atoms with Crippen LogP contribution in [0.1, 0.15) is 32.3 Å². The molecule has 1 aromatic rings. The summed E-state index contributed by atoms with van der Waals surface area (Å²) in [5.74, 6) is 0.782. The van der Waals surface area contributed by atoms with Gasteiger partial charge in [0.25, 0.3) is 0 Å². The van der Waals surface area contributed by atoms with Crippen LogP contribution in [0.2, 0.25) is 5.02 Å². The van der Waals surface area contributed by atoms with Crippen molar-refractivity contribution >= 4 is 11.6 Å². The van der Waals surface area contributed by atoms with Gasteiger partial charge in [-0.2, -0.15) is 0 Å². The highest BCUT2D eigenvalue weighted by Gasteiger charge is 2.23. The number of aryl methyl sites for hydroxylation is 1. The number of aliphatic hydroxyl groups is 1. The number of benzene rings is 1. The van der Waals surface area contributed by atoms with Crippen molar-refractivity contribution in [2.45, 2.75) is 39.2 Å². The van der Waals surface area contributed by atoms with E-state index in [0.717, 1.165) is 11.3 Å². The minimum absolute atomic E-state index is 0.322. The molecule has 16 heavy (non-hydrogen) atoms. The van der Waals surface area contributed by atoms with Crippen molar-refractivity contribution in [2.75, 3.05) is 6.61 Å². The first-order chi connectivity index (χ1) is 7.50. The average molecular weight is 243 g/mol. The molecule has 3 heteroatoms. The van der Waals surface area contributed by atoms with Crippen LogP contribution < -0.4 is 4.74 Å². The van der Waals surface area contributed by atoms with E-state index in [4.69, 9.17) is 16.3 Å². The summed E-state index contributed by atoms with van der Waals surface area (Å²) in [5, 5.41) is 10.8. The van der Waals surface area contributed by atoms with Crippen LogP contribution in [0, 0.1) is 6.92 Å². The fourth-order valence-corrected chi connectivity index (χ4v) is 1.67. The van der Waals surface area contributed by atoms with Crippen LogP contribution >= 0.6 is 11.6 Å². The molecule has 0 unspecified atom stereocenters. The Balaban J connectivity index is 2.67. The molecule has 0 saturated carbocycles. The van der Waals surface area contributed by atoms with Crippen LogP contribution in [0.15, 0.2) is 18.2 Å². The molecule has 0 aliphatic carbocycles. The number of ether oxygens (including phenoxy) is 1. The van der Waals surface area contributed by atoms with Crippen LogP contribution in [-0.4, -0.2) is 17.3 Å². The molecule has 1 aromatic carbocycles. The van der Waals surface area contributed by atoms with Crippen LogP contribution in [0.4, 0.5) is 0 Å². The van der Waals surface area contributed by atoms with Gasteiger partial charge in [-0.15, -0.1) is 0 Å². The van der Waals surface area contributed by atoms with Gasteiger partial charge in [-0.05, 0) is 43.5 Å². The fraction of sp³-hybridized carbons (Fsp3) is 0.538. The summed E-state index contributed by atoms with van der Waals surface area (Å²) in [4.78, 5) is 0. The highest BCUT2D eigenvalue weighted by Crippen LogP contribution is 2.24. The molecular weight excluding hydrogens is 224 g/mol. The summed E-state index contributed by atoms with van der Waals surface area (Å²) < 4.78 is 5.63. The van der Waals surface area contributed by atoms with Gasteiger partial charge in [0.15, 0.2) is 0 Å². The first-order valence-electron chi connectivity index (χ1n) is 5.62. The summed E-state index contributed by atoms with van der Waals surface area (Å²) in [6.45, 7) is 6.18. The van der Waals surface area contributed by atoms with E-state index in [-0.39, 0.29) is 0 Å². The maximum absolute atomic E-state index is 10.1. The maximum atomic E-state index is 10.1. The number of hydrogen-bond donors (Lipinski definition) is 1. The molecule has 0 radical (unpaired) electrons. The average Bonchev–Trinajstić information content (AvgIpc) is 2.27. The summed E-state index contributed by atoms with van der Waals surface area (Å²) in [6, 6.07) is 5.48. The Bertz CT molecular complexity index is 346. The number of hydrogen-bond acceptors (Lipinski definition) is 2. The van der Waals surface area contributed by atoms with E-state index in [1.54, 1.807) is 6.07 Å². The smallest absolute Gasteiger partial charge is 0.122 e. The van der Waals surface area contributed by atoms with Gasteiger partial charge in [-0.3, -0.25) is 0 Å². The molecular formula is C13H19ClO2. The predicted octanol–water partition coefficient (Wildman–Crippen LogP) is 3.58. The van der Waals surface area contributed by atoms with Crippen molar-refractivity contribution < 1.29 is 9.84 Å². The van der Waals surface area contributed by atoms with E-state index in [1.807, 2.05) is 32.9 Å². The first kappa shape index (κ1) is 13.3. The summed E-state index contributed by atoms with van der Waals surface area (Å²) in [5.41, 5.74) is 0.258. The van der Waals surface area contributed by atoms with Crippen molar-refractivity contribution in [3.05, 3.63) is 28.8 Å². The second-order valence-corrected chi connectivity index (χ2v) is 4.57. The summed E-state index contributed by atoms with van der Waals surface area (Å²) in [6.07, 6.45) is 1.38. The second-order valence-electron chi connectivity index (χ2n) is 4.13. The highest BCUT2D eigenvalue weighted by molar-refractivity contribution is 6.30. The SMILES string of the molecule is CCC(O)(CC)COc1ccc(Cl)cc1C. The lowest BCUT2D eigenvalue weighted by molar-refractivity contribution is -0.0115. The minimum atomic E-state index is -0.730. The third-order valence-electron chi connectivity index (χ3n) is 2.95. The molecule has 1 N–H and O–H groups in total. The van der Waals surface area contributed by atoms with E-state index in [1.165, 1.54) is 0 Å². The lowest BCUT2D eigenvalue weighted by atomic mass is 9.99. The van der Waals surface area contributed by atoms with Crippen LogP contribution in [0.3, 0.4) is 0 Å². The number of halogens is 1. The van der Waals surface area contributed by atoms with Gasteiger partial charge in [-0.1, -0.05) is 25.4 Å². The Hall–Kier alpha value is -0.730. The Morgan fingerprint density at radius 3 is 2.44 bits per heavy atom. The molecule has 0 fully saturated rings. The van der Waals surface area contributed by atoms with E-state index >= 15 is 0 Å². The van der Waals surface area contributed by atoms with Gasteiger partial charge in [0.05, 0.1) is 5.60 Å². The van der Waals surface area contributed by atoms with Gasteiger partial charge in [0.2, 0.25) is 0 Å². The number of rotatable bonds is 5. The molecule has 0 aliphatic heterocycles. The fourth-order valence-electron chi connectivity index (χ4n) is 1.44. The monoisotopic (exact) mass is 242 g/mol. The van der Waals surface area contributed by atoms with Crippen molar-refractivity contribution in [2.24, 2.45) is 0 Å². The van der Waals surface area contributed by atoms with Crippen LogP contribution in [0.5, 0.6) is 5.75 Å². The minimum Gasteiger partial charge on any atom is -0.490 e. The zero-order valence-corrected chi connectivity index (χ0v) is 10.8. The van der Waals surface area contributed by atoms with Crippen molar-refractivity contribution in [3.63, 3.8) is 0 Å². The quantitative estimate of drug-likeness (QED) is 0.855. The molecule has 0 atom stereocenters. The standard InChI is InChI=1S/C13H19ClO2/c1-4-13(15,5-2)9-16-12-7-6-11(14)8-10(12)3/h6-8,15H,4-5,9H2,1-3H3. The molecule has 90 valence electrons. The predicted molar refractivity (Wildman–Crippen MR) is 67.2 cm³/mol. The molecule has 0 aliphatic rings. The van der Waals surface area contributed by atoms with Gasteiger partial charge in [-0.25, -0.2) is 0 Å². The molecule has 0 aromatic heterocycles. The van der Waals surface area contributed by atoms with Gasteiger partial charge in [0, 0.05) is 5.02 Å². The zero-order valence-electron chi connectivity index (χ0n) is 10.1. The molecule has 0 heterocycles. The lowest BCUT2D eigenvalue weighted by Gasteiger charge is -2.25. The van der Waals surface area contributed by atoms with E-state index in [2.05, 4.69) is 0 Å². The molecule has 0 spiro atoms. The third-order valence-corrected chi connectivity index (χ3v) is 3.18. The summed E-state index contributed by atoms with van der Waals surface area (Å²) in [7, 11) is 0. The van der Waals surface area contributed by atoms with Crippen molar-refractivity contribution in [3.8, 4) is 5.75 Å². The van der Waals surface area contributed by atoms with E-state index in [9.17, 15) is 5.11 Å². The van der Waals surface area contributed by atoms with E-state index in [0.29, 0.717) is 24.5 Å². The Labute approximate surface area is 102 Å². The van der Waals surface area contributed by atoms with Crippen LogP contribution in [-0.2, 0) is 0 Å².